The first kappa shape index (κ1) is 12.5. The van der Waals surface area contributed by atoms with Crippen molar-refractivity contribution >= 4 is 19.7 Å². The van der Waals surface area contributed by atoms with E-state index in [9.17, 15) is 8.42 Å². The Kier molecular flexibility index (Phi) is 4.12. The fourth-order valence-corrected chi connectivity index (χ4v) is 1.83. The minimum absolute atomic E-state index is 0.00728. The molecular formula is C8H13ClN2O3S. The Morgan fingerprint density at radius 2 is 2.33 bits per heavy atom. The first-order valence-corrected chi connectivity index (χ1v) is 6.83. The maximum atomic E-state index is 10.9. The summed E-state index contributed by atoms with van der Waals surface area (Å²) < 4.78 is 28.7. The predicted octanol–water partition coefficient (Wildman–Crippen LogP) is 1.24. The summed E-state index contributed by atoms with van der Waals surface area (Å²) in [6.07, 6.45) is 2.60. The lowest BCUT2D eigenvalue weighted by Gasteiger charge is -2.10. The normalized spacial score (nSPS) is 14.1. The van der Waals surface area contributed by atoms with Crippen molar-refractivity contribution in [2.24, 2.45) is 0 Å². The van der Waals surface area contributed by atoms with Crippen LogP contribution >= 0.6 is 10.7 Å². The van der Waals surface area contributed by atoms with Crippen molar-refractivity contribution in [1.82, 2.24) is 9.78 Å². The van der Waals surface area contributed by atoms with Gasteiger partial charge in [-0.1, -0.05) is 0 Å². The summed E-state index contributed by atoms with van der Waals surface area (Å²) in [5.74, 6) is 0. The minimum Gasteiger partial charge on any atom is -0.377 e. The van der Waals surface area contributed by atoms with Crippen molar-refractivity contribution in [2.45, 2.75) is 31.4 Å². The van der Waals surface area contributed by atoms with Gasteiger partial charge in [-0.3, -0.25) is 4.68 Å². The molecule has 5 nitrogen and oxygen atoms in total. The van der Waals surface area contributed by atoms with Crippen LogP contribution in [-0.2, 0) is 20.3 Å². The van der Waals surface area contributed by atoms with Gasteiger partial charge in [0.05, 0.1) is 18.8 Å². The van der Waals surface area contributed by atoms with Gasteiger partial charge in [0.15, 0.2) is 0 Å². The average molecular weight is 253 g/mol. The molecule has 0 unspecified atom stereocenters. The molecule has 0 aliphatic heterocycles. The third-order valence-corrected chi connectivity index (χ3v) is 3.09. The van der Waals surface area contributed by atoms with E-state index in [2.05, 4.69) is 5.10 Å². The highest BCUT2D eigenvalue weighted by atomic mass is 35.7. The number of hydrogen-bond donors (Lipinski definition) is 0. The monoisotopic (exact) mass is 252 g/mol. The van der Waals surface area contributed by atoms with Gasteiger partial charge in [-0.15, -0.1) is 0 Å². The van der Waals surface area contributed by atoms with Crippen LogP contribution in [0.3, 0.4) is 0 Å². The Labute approximate surface area is 93.4 Å². The lowest BCUT2D eigenvalue weighted by molar-refractivity contribution is 0.0614. The molecule has 1 rings (SSSR count). The molecule has 0 N–H and O–H groups in total. The van der Waals surface area contributed by atoms with Crippen molar-refractivity contribution in [1.29, 1.82) is 0 Å². The molecule has 86 valence electrons. The third-order valence-electron chi connectivity index (χ3n) is 1.79. The van der Waals surface area contributed by atoms with Crippen molar-refractivity contribution in [2.75, 3.05) is 6.61 Å². The summed E-state index contributed by atoms with van der Waals surface area (Å²) in [4.78, 5) is 0.00728. The standard InChI is InChI=1S/C8H13ClN2O3S/c1-3-14-7(2)5-11-6-8(4-10-11)15(9,12)13/h4,6-7H,3,5H2,1-2H3/t7-/m1/s1. The quantitative estimate of drug-likeness (QED) is 0.740. The molecule has 0 aliphatic rings. The molecule has 0 aromatic carbocycles. The Bertz CT molecular complexity index is 415. The molecule has 7 heteroatoms. The van der Waals surface area contributed by atoms with Crippen LogP contribution in [0.15, 0.2) is 17.3 Å². The number of ether oxygens (including phenoxy) is 1. The van der Waals surface area contributed by atoms with Crippen LogP contribution in [0.25, 0.3) is 0 Å². The van der Waals surface area contributed by atoms with E-state index in [0.29, 0.717) is 13.2 Å². The molecule has 0 fully saturated rings. The van der Waals surface area contributed by atoms with Gasteiger partial charge in [-0.05, 0) is 13.8 Å². The van der Waals surface area contributed by atoms with Crippen LogP contribution in [0.4, 0.5) is 0 Å². The average Bonchev–Trinajstić information content (AvgIpc) is 2.52. The Hall–Kier alpha value is -0.590. The third kappa shape index (κ3) is 3.81. The van der Waals surface area contributed by atoms with Gasteiger partial charge in [-0.2, -0.15) is 5.10 Å². The maximum absolute atomic E-state index is 10.9. The fraction of sp³-hybridized carbons (Fsp3) is 0.625. The Balaban J connectivity index is 2.69. The summed E-state index contributed by atoms with van der Waals surface area (Å²) >= 11 is 0. The second-order valence-corrected chi connectivity index (χ2v) is 5.67. The molecule has 0 spiro atoms. The molecular weight excluding hydrogens is 240 g/mol. The zero-order valence-corrected chi connectivity index (χ0v) is 10.1. The van der Waals surface area contributed by atoms with Gasteiger partial charge in [0.1, 0.15) is 4.90 Å². The van der Waals surface area contributed by atoms with Crippen molar-refractivity contribution in [3.63, 3.8) is 0 Å². The van der Waals surface area contributed by atoms with E-state index in [4.69, 9.17) is 15.4 Å². The fourth-order valence-electron chi connectivity index (χ4n) is 1.17. The smallest absolute Gasteiger partial charge is 0.264 e. The van der Waals surface area contributed by atoms with Crippen molar-refractivity contribution in [3.8, 4) is 0 Å². The number of nitrogens with zero attached hydrogens (tertiary/aromatic N) is 2. The second-order valence-electron chi connectivity index (χ2n) is 3.10. The molecule has 0 saturated carbocycles. The minimum atomic E-state index is -3.68. The van der Waals surface area contributed by atoms with Crippen LogP contribution in [0.5, 0.6) is 0 Å². The van der Waals surface area contributed by atoms with E-state index in [0.717, 1.165) is 0 Å². The first-order chi connectivity index (χ1) is 6.93. The van der Waals surface area contributed by atoms with E-state index in [-0.39, 0.29) is 11.0 Å². The predicted molar refractivity (Wildman–Crippen MR) is 56.4 cm³/mol. The van der Waals surface area contributed by atoms with Gasteiger partial charge < -0.3 is 4.74 Å². The highest BCUT2D eigenvalue weighted by Gasteiger charge is 2.13. The zero-order chi connectivity index (χ0) is 11.5. The Morgan fingerprint density at radius 1 is 1.67 bits per heavy atom. The van der Waals surface area contributed by atoms with Crippen molar-refractivity contribution < 1.29 is 13.2 Å². The number of halogens is 1. The summed E-state index contributed by atoms with van der Waals surface area (Å²) in [5, 5.41) is 3.88. The van der Waals surface area contributed by atoms with Crippen LogP contribution in [0.2, 0.25) is 0 Å². The molecule has 1 atom stereocenters. The lowest BCUT2D eigenvalue weighted by atomic mass is 10.4. The maximum Gasteiger partial charge on any atom is 0.264 e. The summed E-state index contributed by atoms with van der Waals surface area (Å²) in [5.41, 5.74) is 0. The SMILES string of the molecule is CCO[C@H](C)Cn1cc(S(=O)(=O)Cl)cn1. The van der Waals surface area contributed by atoms with Gasteiger partial charge in [-0.25, -0.2) is 8.42 Å². The highest BCUT2D eigenvalue weighted by Crippen LogP contribution is 2.13. The van der Waals surface area contributed by atoms with E-state index < -0.39 is 9.05 Å². The summed E-state index contributed by atoms with van der Waals surface area (Å²) in [6, 6.07) is 0. The van der Waals surface area contributed by atoms with E-state index >= 15 is 0 Å². The molecule has 0 bridgehead atoms. The van der Waals surface area contributed by atoms with E-state index in [1.54, 1.807) is 0 Å². The number of aromatic nitrogens is 2. The molecule has 1 aromatic heterocycles. The van der Waals surface area contributed by atoms with E-state index in [1.807, 2.05) is 13.8 Å². The summed E-state index contributed by atoms with van der Waals surface area (Å²) in [7, 11) is 1.48. The topological polar surface area (TPSA) is 61.2 Å². The van der Waals surface area contributed by atoms with Crippen LogP contribution in [0, 0.1) is 0 Å². The van der Waals surface area contributed by atoms with Crippen molar-refractivity contribution in [3.05, 3.63) is 12.4 Å². The molecule has 0 saturated heterocycles. The number of rotatable bonds is 5. The second kappa shape index (κ2) is 4.96. The lowest BCUT2D eigenvalue weighted by Crippen LogP contribution is -2.16. The van der Waals surface area contributed by atoms with Crippen LogP contribution < -0.4 is 0 Å². The molecule has 15 heavy (non-hydrogen) atoms. The van der Waals surface area contributed by atoms with Gasteiger partial charge in [0, 0.05) is 23.5 Å². The molecule has 1 aromatic rings. The zero-order valence-electron chi connectivity index (χ0n) is 8.55. The molecule has 1 heterocycles. The molecule has 0 amide bonds. The Morgan fingerprint density at radius 3 is 2.80 bits per heavy atom. The molecule has 0 radical (unpaired) electrons. The number of hydrogen-bond acceptors (Lipinski definition) is 4. The van der Waals surface area contributed by atoms with Gasteiger partial charge >= 0.3 is 0 Å². The first-order valence-electron chi connectivity index (χ1n) is 4.52. The van der Waals surface area contributed by atoms with Crippen LogP contribution in [0.1, 0.15) is 13.8 Å². The van der Waals surface area contributed by atoms with Gasteiger partial charge in [0.25, 0.3) is 9.05 Å². The largest absolute Gasteiger partial charge is 0.377 e. The highest BCUT2D eigenvalue weighted by molar-refractivity contribution is 8.13. The molecule has 0 aliphatic carbocycles. The van der Waals surface area contributed by atoms with E-state index in [1.165, 1.54) is 17.1 Å². The summed E-state index contributed by atoms with van der Waals surface area (Å²) in [6.45, 7) is 4.90. The van der Waals surface area contributed by atoms with Crippen LogP contribution in [-0.4, -0.2) is 30.9 Å². The van der Waals surface area contributed by atoms with Gasteiger partial charge in [0.2, 0.25) is 0 Å².